The normalized spacial score (nSPS) is 17.8. The highest BCUT2D eigenvalue weighted by Gasteiger charge is 2.56. The average molecular weight is 354 g/mol. The van der Waals surface area contributed by atoms with Crippen LogP contribution >= 0.6 is 0 Å². The van der Waals surface area contributed by atoms with Gasteiger partial charge in [0.1, 0.15) is 12.2 Å². The summed E-state index contributed by atoms with van der Waals surface area (Å²) in [5, 5.41) is 0. The Morgan fingerprint density at radius 3 is 1.26 bits per heavy atom. The molecule has 0 heterocycles. The summed E-state index contributed by atoms with van der Waals surface area (Å²) in [6.45, 7) is 1.01. The van der Waals surface area contributed by atoms with Gasteiger partial charge in [0, 0.05) is 0 Å². The van der Waals surface area contributed by atoms with E-state index in [9.17, 15) is 35.9 Å². The van der Waals surface area contributed by atoms with E-state index in [1.54, 1.807) is 0 Å². The number of halogens is 6. The molecule has 0 aromatic rings. The molecule has 5 nitrogen and oxygen atoms in total. The highest BCUT2D eigenvalue weighted by atomic mass is 19.3. The van der Waals surface area contributed by atoms with Crippen molar-refractivity contribution >= 4 is 11.9 Å². The molecule has 0 saturated carbocycles. The van der Waals surface area contributed by atoms with E-state index in [1.165, 1.54) is 0 Å². The van der Waals surface area contributed by atoms with Crippen LogP contribution in [0.3, 0.4) is 0 Å². The minimum Gasteiger partial charge on any atom is -0.467 e. The highest BCUT2D eigenvalue weighted by molar-refractivity contribution is 5.76. The van der Waals surface area contributed by atoms with Crippen LogP contribution in [0.2, 0.25) is 0 Å². The van der Waals surface area contributed by atoms with Crippen molar-refractivity contribution in [3.8, 4) is 0 Å². The molecule has 0 spiro atoms. The van der Waals surface area contributed by atoms with E-state index >= 15 is 0 Å². The Morgan fingerprint density at radius 1 is 0.783 bits per heavy atom. The van der Waals surface area contributed by atoms with E-state index in [0.717, 1.165) is 0 Å². The Bertz CT molecular complexity index is 392. The first-order valence-corrected chi connectivity index (χ1v) is 6.18. The summed E-state index contributed by atoms with van der Waals surface area (Å²) in [6.07, 6.45) is -12.0. The molecule has 0 N–H and O–H groups in total. The lowest BCUT2D eigenvalue weighted by Crippen LogP contribution is -2.52. The van der Waals surface area contributed by atoms with Gasteiger partial charge in [0.25, 0.3) is 12.3 Å². The van der Waals surface area contributed by atoms with E-state index in [2.05, 4.69) is 14.2 Å². The van der Waals surface area contributed by atoms with Crippen molar-refractivity contribution in [2.75, 3.05) is 14.2 Å². The molecule has 0 aromatic carbocycles. The van der Waals surface area contributed by atoms with Crippen LogP contribution in [0.25, 0.3) is 0 Å². The molecule has 0 aliphatic carbocycles. The van der Waals surface area contributed by atoms with Gasteiger partial charge < -0.3 is 14.2 Å². The first-order chi connectivity index (χ1) is 10.3. The molecular weight excluding hydrogens is 338 g/mol. The number of rotatable bonds is 8. The molecule has 23 heavy (non-hydrogen) atoms. The lowest BCUT2D eigenvalue weighted by molar-refractivity contribution is -0.237. The molecule has 0 aliphatic heterocycles. The maximum Gasteiger partial charge on any atom is 0.347 e. The molecular formula is C12H16F6O5. The minimum atomic E-state index is -4.52. The molecule has 0 rings (SSSR count). The molecule has 0 radical (unpaired) electrons. The predicted molar refractivity (Wildman–Crippen MR) is 63.7 cm³/mol. The second kappa shape index (κ2) is 7.84. The molecule has 0 amide bonds. The molecule has 4 atom stereocenters. The molecule has 11 heteroatoms. The fourth-order valence-corrected chi connectivity index (χ4v) is 1.42. The molecule has 0 bridgehead atoms. The van der Waals surface area contributed by atoms with E-state index in [1.807, 2.05) is 0 Å². The quantitative estimate of drug-likeness (QED) is 0.493. The van der Waals surface area contributed by atoms with E-state index < -0.39 is 48.3 Å². The van der Waals surface area contributed by atoms with Crippen molar-refractivity contribution in [3.05, 3.63) is 0 Å². The third-order valence-corrected chi connectivity index (χ3v) is 2.98. The van der Waals surface area contributed by atoms with Gasteiger partial charge in [-0.05, 0) is 13.8 Å². The number of ether oxygens (including phenoxy) is 3. The van der Waals surface area contributed by atoms with Crippen LogP contribution in [0.5, 0.6) is 0 Å². The maximum atomic E-state index is 13.6. The third-order valence-electron chi connectivity index (χ3n) is 2.98. The lowest BCUT2D eigenvalue weighted by atomic mass is 10.1. The van der Waals surface area contributed by atoms with Crippen LogP contribution in [0.1, 0.15) is 13.8 Å². The molecule has 0 aliphatic rings. The van der Waals surface area contributed by atoms with Gasteiger partial charge >= 0.3 is 23.8 Å². The van der Waals surface area contributed by atoms with Gasteiger partial charge in [-0.15, -0.1) is 0 Å². The molecule has 136 valence electrons. The van der Waals surface area contributed by atoms with Crippen molar-refractivity contribution < 1.29 is 50.1 Å². The second-order valence-electron chi connectivity index (χ2n) is 4.54. The number of carbonyl (C=O) groups excluding carboxylic acids is 2. The van der Waals surface area contributed by atoms with Crippen molar-refractivity contribution in [2.45, 2.75) is 50.2 Å². The predicted octanol–water partition coefficient (Wildman–Crippen LogP) is 2.07. The van der Waals surface area contributed by atoms with Crippen LogP contribution in [-0.2, 0) is 23.8 Å². The van der Waals surface area contributed by atoms with Gasteiger partial charge in [-0.25, -0.2) is 18.4 Å². The Kier molecular flexibility index (Phi) is 7.32. The topological polar surface area (TPSA) is 61.8 Å². The summed E-state index contributed by atoms with van der Waals surface area (Å²) in [5.41, 5.74) is 0. The van der Waals surface area contributed by atoms with E-state index in [0.29, 0.717) is 28.1 Å². The Labute approximate surface area is 127 Å². The standard InChI is InChI=1S/C12H16F6O5/c1-5(11(15,16)7(13)9(19)21-3)23-6(2)12(17,18)8(14)10(20)22-4/h5-8H,1-4H3/t5-,6+,7-,8-/m0/s1. The number of methoxy groups -OCH3 is 2. The molecule has 0 saturated heterocycles. The summed E-state index contributed by atoms with van der Waals surface area (Å²) < 4.78 is 92.7. The molecule has 0 aromatic heterocycles. The fraction of sp³-hybridized carbons (Fsp3) is 0.833. The highest BCUT2D eigenvalue weighted by Crippen LogP contribution is 2.34. The smallest absolute Gasteiger partial charge is 0.347 e. The van der Waals surface area contributed by atoms with Gasteiger partial charge in [0.05, 0.1) is 14.2 Å². The second-order valence-corrected chi connectivity index (χ2v) is 4.54. The Balaban J connectivity index is 5.10. The van der Waals surface area contributed by atoms with Crippen molar-refractivity contribution in [1.82, 2.24) is 0 Å². The monoisotopic (exact) mass is 354 g/mol. The first kappa shape index (κ1) is 21.5. The van der Waals surface area contributed by atoms with Crippen LogP contribution in [0.4, 0.5) is 26.3 Å². The summed E-state index contributed by atoms with van der Waals surface area (Å²) in [7, 11) is 1.30. The lowest BCUT2D eigenvalue weighted by Gasteiger charge is -2.31. The first-order valence-electron chi connectivity index (χ1n) is 6.18. The average Bonchev–Trinajstić information content (AvgIpc) is 2.51. The third kappa shape index (κ3) is 4.72. The van der Waals surface area contributed by atoms with E-state index in [-0.39, 0.29) is 0 Å². The van der Waals surface area contributed by atoms with Gasteiger partial charge in [0.2, 0.25) is 0 Å². The summed E-state index contributed by atoms with van der Waals surface area (Å²) in [4.78, 5) is 21.6. The maximum absolute atomic E-state index is 13.6. The van der Waals surface area contributed by atoms with Crippen LogP contribution in [0, 0.1) is 0 Å². The zero-order valence-electron chi connectivity index (χ0n) is 12.6. The zero-order chi connectivity index (χ0) is 18.6. The largest absolute Gasteiger partial charge is 0.467 e. The Morgan fingerprint density at radius 2 is 1.04 bits per heavy atom. The van der Waals surface area contributed by atoms with Crippen molar-refractivity contribution in [2.24, 2.45) is 0 Å². The van der Waals surface area contributed by atoms with Crippen molar-refractivity contribution in [1.29, 1.82) is 0 Å². The number of hydrogen-bond donors (Lipinski definition) is 0. The van der Waals surface area contributed by atoms with Gasteiger partial charge in [-0.3, -0.25) is 0 Å². The zero-order valence-corrected chi connectivity index (χ0v) is 12.6. The summed E-state index contributed by atoms with van der Waals surface area (Å²) in [6, 6.07) is 0. The van der Waals surface area contributed by atoms with Gasteiger partial charge in [-0.2, -0.15) is 17.6 Å². The van der Waals surface area contributed by atoms with Crippen LogP contribution in [0.15, 0.2) is 0 Å². The molecule has 0 fully saturated rings. The van der Waals surface area contributed by atoms with E-state index in [4.69, 9.17) is 0 Å². The number of alkyl halides is 6. The van der Waals surface area contributed by atoms with Gasteiger partial charge in [-0.1, -0.05) is 0 Å². The summed E-state index contributed by atoms with van der Waals surface area (Å²) in [5.74, 6) is -12.9. The number of hydrogen-bond acceptors (Lipinski definition) is 5. The Hall–Kier alpha value is -1.52. The molecule has 0 unspecified atom stereocenters. The van der Waals surface area contributed by atoms with Crippen molar-refractivity contribution in [3.63, 3.8) is 0 Å². The summed E-state index contributed by atoms with van der Waals surface area (Å²) >= 11 is 0. The fourth-order valence-electron chi connectivity index (χ4n) is 1.42. The van der Waals surface area contributed by atoms with Crippen LogP contribution in [-0.4, -0.2) is 62.6 Å². The number of carbonyl (C=O) groups is 2. The SMILES string of the molecule is COC(=O)[C@H](F)C(F)(F)[C@H](C)O[C@H](C)C(F)(F)[C@@H](F)C(=O)OC. The minimum absolute atomic E-state index is 0.507. The number of esters is 2. The van der Waals surface area contributed by atoms with Crippen LogP contribution < -0.4 is 0 Å². The van der Waals surface area contributed by atoms with Gasteiger partial charge in [0.15, 0.2) is 0 Å².